The lowest BCUT2D eigenvalue weighted by Crippen LogP contribution is -2.59. The van der Waals surface area contributed by atoms with Crippen LogP contribution < -0.4 is 0 Å². The van der Waals surface area contributed by atoms with Crippen molar-refractivity contribution in [1.29, 1.82) is 0 Å². The SMILES string of the molecule is OC[C@H]1O[C@H](O)[C@H](OF)[C@@H](OF)[C@@H]1O. The quantitative estimate of drug-likeness (QED) is 0.537. The molecule has 0 radical (unpaired) electrons. The maximum Gasteiger partial charge on any atom is 0.188 e. The van der Waals surface area contributed by atoms with Crippen molar-refractivity contribution >= 4 is 0 Å². The number of ether oxygens (including phenoxy) is 1. The summed E-state index contributed by atoms with van der Waals surface area (Å²) in [5, 5.41) is 26.9. The lowest BCUT2D eigenvalue weighted by atomic mass is 9.99. The van der Waals surface area contributed by atoms with E-state index in [1.54, 1.807) is 0 Å². The Kier molecular flexibility index (Phi) is 4.11. The predicted octanol–water partition coefficient (Wildman–Crippen LogP) is -1.40. The second-order valence-electron chi connectivity index (χ2n) is 2.85. The van der Waals surface area contributed by atoms with E-state index in [0.717, 1.165) is 0 Å². The van der Waals surface area contributed by atoms with E-state index >= 15 is 0 Å². The number of halogens is 2. The van der Waals surface area contributed by atoms with E-state index < -0.39 is 37.3 Å². The van der Waals surface area contributed by atoms with Gasteiger partial charge in [-0.25, -0.2) is 0 Å². The molecular weight excluding hydrogens is 206 g/mol. The Morgan fingerprint density at radius 2 is 1.71 bits per heavy atom. The van der Waals surface area contributed by atoms with E-state index in [9.17, 15) is 14.2 Å². The van der Waals surface area contributed by atoms with Crippen molar-refractivity contribution in [2.24, 2.45) is 0 Å². The van der Waals surface area contributed by atoms with Crippen LogP contribution in [0.15, 0.2) is 0 Å². The Morgan fingerprint density at radius 3 is 2.14 bits per heavy atom. The molecule has 0 aliphatic carbocycles. The van der Waals surface area contributed by atoms with Crippen LogP contribution in [0.2, 0.25) is 0 Å². The van der Waals surface area contributed by atoms with Gasteiger partial charge in [-0.3, -0.25) is 0 Å². The summed E-state index contributed by atoms with van der Waals surface area (Å²) in [4.78, 5) is 6.43. The summed E-state index contributed by atoms with van der Waals surface area (Å²) in [7, 11) is 0. The van der Waals surface area contributed by atoms with Gasteiger partial charge in [-0.15, -0.1) is 0 Å². The van der Waals surface area contributed by atoms with Gasteiger partial charge < -0.3 is 20.1 Å². The van der Waals surface area contributed by atoms with Gasteiger partial charge in [0.15, 0.2) is 18.5 Å². The molecule has 1 fully saturated rings. The largest absolute Gasteiger partial charge is 0.394 e. The Balaban J connectivity index is 2.73. The molecule has 0 bridgehead atoms. The highest BCUT2D eigenvalue weighted by Gasteiger charge is 2.47. The minimum absolute atomic E-state index is 0.670. The topological polar surface area (TPSA) is 88.4 Å². The maximum absolute atomic E-state index is 11.9. The van der Waals surface area contributed by atoms with Crippen LogP contribution in [0.3, 0.4) is 0 Å². The van der Waals surface area contributed by atoms with Gasteiger partial charge in [-0.05, 0) is 9.05 Å². The van der Waals surface area contributed by atoms with Crippen molar-refractivity contribution in [3.8, 4) is 0 Å². The summed E-state index contributed by atoms with van der Waals surface area (Å²) >= 11 is 0. The van der Waals surface area contributed by atoms with E-state index in [1.807, 2.05) is 0 Å². The standard InChI is InChI=1S/C6H10F2O6/c7-13-4-3(10)2(1-9)12-6(11)5(4)14-8/h2-6,9-11H,1H2/t2-,3-,4+,5-,6+/m1/s1. The molecule has 1 rings (SSSR count). The first-order chi connectivity index (χ1) is 6.65. The summed E-state index contributed by atoms with van der Waals surface area (Å²) in [6.45, 7) is -0.670. The molecular formula is C6H10F2O6. The molecule has 8 heteroatoms. The van der Waals surface area contributed by atoms with Crippen molar-refractivity contribution < 1.29 is 39.0 Å². The van der Waals surface area contributed by atoms with Gasteiger partial charge in [0, 0.05) is 0 Å². The predicted molar refractivity (Wildman–Crippen MR) is 35.9 cm³/mol. The molecule has 0 aromatic rings. The van der Waals surface area contributed by atoms with Crippen LogP contribution in [0.5, 0.6) is 0 Å². The lowest BCUT2D eigenvalue weighted by molar-refractivity contribution is -0.376. The number of hydrogen-bond donors (Lipinski definition) is 3. The van der Waals surface area contributed by atoms with Gasteiger partial charge in [0.25, 0.3) is 0 Å². The Hall–Kier alpha value is -0.380. The molecule has 1 aliphatic heterocycles. The molecule has 14 heavy (non-hydrogen) atoms. The highest BCUT2D eigenvalue weighted by Crippen LogP contribution is 2.24. The zero-order valence-electron chi connectivity index (χ0n) is 6.92. The summed E-state index contributed by atoms with van der Waals surface area (Å²) in [6, 6.07) is 0. The maximum atomic E-state index is 11.9. The van der Waals surface area contributed by atoms with Crippen LogP contribution in [-0.2, 0) is 14.6 Å². The van der Waals surface area contributed by atoms with Gasteiger partial charge in [-0.1, -0.05) is 0 Å². The average molecular weight is 216 g/mol. The summed E-state index contributed by atoms with van der Waals surface area (Å²) in [5.74, 6) is 0. The monoisotopic (exact) mass is 216 g/mol. The average Bonchev–Trinajstić information content (AvgIpc) is 2.20. The first-order valence-electron chi connectivity index (χ1n) is 3.83. The summed E-state index contributed by atoms with van der Waals surface area (Å²) in [6.07, 6.45) is -8.24. The zero-order valence-corrected chi connectivity index (χ0v) is 6.92. The second-order valence-corrected chi connectivity index (χ2v) is 2.85. The number of aliphatic hydroxyl groups excluding tert-OH is 3. The summed E-state index contributed by atoms with van der Waals surface area (Å²) < 4.78 is 28.2. The number of rotatable bonds is 3. The molecule has 1 aliphatic rings. The molecule has 1 saturated heterocycles. The fourth-order valence-corrected chi connectivity index (χ4v) is 1.25. The third-order valence-corrected chi connectivity index (χ3v) is 2.02. The molecule has 0 unspecified atom stereocenters. The van der Waals surface area contributed by atoms with Crippen molar-refractivity contribution in [3.63, 3.8) is 0 Å². The minimum Gasteiger partial charge on any atom is -0.394 e. The van der Waals surface area contributed by atoms with Gasteiger partial charge in [0.2, 0.25) is 0 Å². The fraction of sp³-hybridized carbons (Fsp3) is 1.00. The second kappa shape index (κ2) is 4.91. The highest BCUT2D eigenvalue weighted by atomic mass is 19.3. The lowest BCUT2D eigenvalue weighted by Gasteiger charge is -2.37. The third kappa shape index (κ3) is 2.00. The van der Waals surface area contributed by atoms with Gasteiger partial charge >= 0.3 is 0 Å². The van der Waals surface area contributed by atoms with Crippen LogP contribution in [-0.4, -0.2) is 52.6 Å². The van der Waals surface area contributed by atoms with Gasteiger partial charge in [0.05, 0.1) is 6.61 Å². The normalized spacial score (nSPS) is 43.9. The van der Waals surface area contributed by atoms with Crippen LogP contribution in [0.1, 0.15) is 0 Å². The molecule has 0 saturated carbocycles. The minimum atomic E-state index is -1.82. The number of hydrogen-bond acceptors (Lipinski definition) is 6. The van der Waals surface area contributed by atoms with E-state index in [2.05, 4.69) is 14.6 Å². The molecule has 0 amide bonds. The smallest absolute Gasteiger partial charge is 0.188 e. The van der Waals surface area contributed by atoms with E-state index in [1.165, 1.54) is 0 Å². The van der Waals surface area contributed by atoms with Crippen molar-refractivity contribution in [3.05, 3.63) is 0 Å². The Morgan fingerprint density at radius 1 is 1.14 bits per heavy atom. The molecule has 0 aromatic heterocycles. The first kappa shape index (κ1) is 11.7. The van der Waals surface area contributed by atoms with E-state index in [-0.39, 0.29) is 0 Å². The first-order valence-corrected chi connectivity index (χ1v) is 3.83. The third-order valence-electron chi connectivity index (χ3n) is 2.02. The van der Waals surface area contributed by atoms with Crippen molar-refractivity contribution in [2.75, 3.05) is 6.61 Å². The molecule has 6 nitrogen and oxygen atoms in total. The van der Waals surface area contributed by atoms with Crippen LogP contribution >= 0.6 is 0 Å². The van der Waals surface area contributed by atoms with Gasteiger partial charge in [0.1, 0.15) is 12.2 Å². The molecule has 1 heterocycles. The molecule has 3 N–H and O–H groups in total. The summed E-state index contributed by atoms with van der Waals surface area (Å²) in [5.41, 5.74) is 0. The van der Waals surface area contributed by atoms with E-state index in [4.69, 9.17) is 10.2 Å². The Labute approximate surface area is 77.4 Å². The van der Waals surface area contributed by atoms with Crippen LogP contribution in [0.25, 0.3) is 0 Å². The zero-order chi connectivity index (χ0) is 10.7. The number of aliphatic hydroxyl groups is 3. The van der Waals surface area contributed by atoms with Crippen molar-refractivity contribution in [2.45, 2.75) is 30.7 Å². The van der Waals surface area contributed by atoms with Crippen LogP contribution in [0.4, 0.5) is 9.05 Å². The Bertz CT molecular complexity index is 182. The highest BCUT2D eigenvalue weighted by molar-refractivity contribution is 4.89. The van der Waals surface area contributed by atoms with E-state index in [0.29, 0.717) is 0 Å². The van der Waals surface area contributed by atoms with Crippen molar-refractivity contribution in [1.82, 2.24) is 0 Å². The molecule has 0 aromatic carbocycles. The molecule has 5 atom stereocenters. The van der Waals surface area contributed by atoms with Crippen LogP contribution in [0, 0.1) is 0 Å². The fourth-order valence-electron chi connectivity index (χ4n) is 1.25. The molecule has 84 valence electrons. The van der Waals surface area contributed by atoms with Gasteiger partial charge in [-0.2, -0.15) is 9.88 Å². The molecule has 0 spiro atoms.